The van der Waals surface area contributed by atoms with Gasteiger partial charge >= 0.3 is 0 Å². The monoisotopic (exact) mass is 253 g/mol. The SMILES string of the molecule is CCCCCCCCCCn1cc(C(C)O)nn1. The summed E-state index contributed by atoms with van der Waals surface area (Å²) in [4.78, 5) is 0. The maximum absolute atomic E-state index is 9.33. The van der Waals surface area contributed by atoms with E-state index in [4.69, 9.17) is 0 Å². The maximum atomic E-state index is 9.33. The highest BCUT2D eigenvalue weighted by Crippen LogP contribution is 2.10. The van der Waals surface area contributed by atoms with Crippen LogP contribution in [0.15, 0.2) is 6.20 Å². The molecule has 1 N–H and O–H groups in total. The minimum absolute atomic E-state index is 0.516. The van der Waals surface area contributed by atoms with Crippen LogP contribution in [0.25, 0.3) is 0 Å². The van der Waals surface area contributed by atoms with Crippen LogP contribution < -0.4 is 0 Å². The molecule has 4 nitrogen and oxygen atoms in total. The minimum Gasteiger partial charge on any atom is -0.387 e. The molecule has 0 aliphatic heterocycles. The van der Waals surface area contributed by atoms with Gasteiger partial charge in [-0.1, -0.05) is 57.1 Å². The van der Waals surface area contributed by atoms with Crippen molar-refractivity contribution in [1.29, 1.82) is 0 Å². The van der Waals surface area contributed by atoms with Crippen molar-refractivity contribution in [3.8, 4) is 0 Å². The fraction of sp³-hybridized carbons (Fsp3) is 0.857. The van der Waals surface area contributed by atoms with Crippen LogP contribution in [0.1, 0.15) is 77.0 Å². The molecule has 1 aromatic heterocycles. The number of aromatic nitrogens is 3. The number of unbranched alkanes of at least 4 members (excludes halogenated alkanes) is 7. The molecule has 1 aromatic rings. The van der Waals surface area contributed by atoms with E-state index in [9.17, 15) is 5.11 Å². The van der Waals surface area contributed by atoms with Gasteiger partial charge in [0.05, 0.1) is 12.3 Å². The van der Waals surface area contributed by atoms with Crippen molar-refractivity contribution >= 4 is 0 Å². The number of aliphatic hydroxyl groups is 1. The van der Waals surface area contributed by atoms with Crippen molar-refractivity contribution in [3.05, 3.63) is 11.9 Å². The summed E-state index contributed by atoms with van der Waals surface area (Å²) in [5.41, 5.74) is 0.662. The molecule has 1 heterocycles. The molecule has 0 bridgehead atoms. The summed E-state index contributed by atoms with van der Waals surface area (Å²) in [5.74, 6) is 0. The van der Waals surface area contributed by atoms with E-state index < -0.39 is 6.10 Å². The lowest BCUT2D eigenvalue weighted by molar-refractivity contribution is 0.194. The Morgan fingerprint density at radius 1 is 1.11 bits per heavy atom. The smallest absolute Gasteiger partial charge is 0.111 e. The number of aryl methyl sites for hydroxylation is 1. The molecule has 0 aliphatic carbocycles. The molecule has 1 unspecified atom stereocenters. The second kappa shape index (κ2) is 9.09. The minimum atomic E-state index is -0.516. The van der Waals surface area contributed by atoms with E-state index in [1.165, 1.54) is 44.9 Å². The normalized spacial score (nSPS) is 12.8. The quantitative estimate of drug-likeness (QED) is 0.649. The van der Waals surface area contributed by atoms with Gasteiger partial charge in [0.25, 0.3) is 0 Å². The van der Waals surface area contributed by atoms with Crippen LogP contribution in [0.3, 0.4) is 0 Å². The first-order valence-electron chi connectivity index (χ1n) is 7.32. The highest BCUT2D eigenvalue weighted by Gasteiger charge is 2.05. The Bertz CT molecular complexity index is 310. The molecular formula is C14H27N3O. The fourth-order valence-electron chi connectivity index (χ4n) is 2.02. The van der Waals surface area contributed by atoms with Gasteiger partial charge in [0, 0.05) is 6.54 Å². The number of hydrogen-bond donors (Lipinski definition) is 1. The van der Waals surface area contributed by atoms with Gasteiger partial charge in [0.2, 0.25) is 0 Å². The van der Waals surface area contributed by atoms with E-state index in [1.807, 2.05) is 10.9 Å². The van der Waals surface area contributed by atoms with Gasteiger partial charge in [0.15, 0.2) is 0 Å². The van der Waals surface area contributed by atoms with Gasteiger partial charge in [-0.3, -0.25) is 4.68 Å². The van der Waals surface area contributed by atoms with E-state index in [2.05, 4.69) is 17.2 Å². The summed E-state index contributed by atoms with van der Waals surface area (Å²) in [6.45, 7) is 4.87. The lowest BCUT2D eigenvalue weighted by atomic mass is 10.1. The van der Waals surface area contributed by atoms with Crippen LogP contribution in [-0.4, -0.2) is 20.1 Å². The van der Waals surface area contributed by atoms with Gasteiger partial charge < -0.3 is 5.11 Å². The Hall–Kier alpha value is -0.900. The summed E-state index contributed by atoms with van der Waals surface area (Å²) < 4.78 is 1.83. The average Bonchev–Trinajstić information content (AvgIpc) is 2.81. The van der Waals surface area contributed by atoms with E-state index in [-0.39, 0.29) is 0 Å². The van der Waals surface area contributed by atoms with Crippen molar-refractivity contribution in [2.24, 2.45) is 0 Å². The largest absolute Gasteiger partial charge is 0.387 e. The van der Waals surface area contributed by atoms with Gasteiger partial charge in [-0.05, 0) is 13.3 Å². The molecule has 0 spiro atoms. The molecular weight excluding hydrogens is 226 g/mol. The maximum Gasteiger partial charge on any atom is 0.111 e. The van der Waals surface area contributed by atoms with Crippen molar-refractivity contribution in [1.82, 2.24) is 15.0 Å². The number of rotatable bonds is 10. The van der Waals surface area contributed by atoms with Crippen molar-refractivity contribution in [3.63, 3.8) is 0 Å². The molecule has 4 heteroatoms. The van der Waals surface area contributed by atoms with Crippen LogP contribution in [-0.2, 0) is 6.54 Å². The van der Waals surface area contributed by atoms with E-state index in [0.29, 0.717) is 5.69 Å². The third kappa shape index (κ3) is 6.15. The zero-order chi connectivity index (χ0) is 13.2. The van der Waals surface area contributed by atoms with Crippen LogP contribution in [0.5, 0.6) is 0 Å². The Labute approximate surface area is 110 Å². The number of nitrogens with zero attached hydrogens (tertiary/aromatic N) is 3. The first kappa shape index (κ1) is 15.2. The zero-order valence-electron chi connectivity index (χ0n) is 11.8. The summed E-state index contributed by atoms with van der Waals surface area (Å²) in [6.07, 6.45) is 11.9. The molecule has 104 valence electrons. The van der Waals surface area contributed by atoms with E-state index in [1.54, 1.807) is 6.92 Å². The second-order valence-corrected chi connectivity index (χ2v) is 5.06. The van der Waals surface area contributed by atoms with Crippen molar-refractivity contribution < 1.29 is 5.11 Å². The topological polar surface area (TPSA) is 50.9 Å². The molecule has 1 rings (SSSR count). The highest BCUT2D eigenvalue weighted by molar-refractivity contribution is 4.95. The summed E-state index contributed by atoms with van der Waals surface area (Å²) in [7, 11) is 0. The van der Waals surface area contributed by atoms with Crippen LogP contribution in [0, 0.1) is 0 Å². The molecule has 0 saturated carbocycles. The van der Waals surface area contributed by atoms with E-state index in [0.717, 1.165) is 13.0 Å². The molecule has 0 saturated heterocycles. The molecule has 0 amide bonds. The standard InChI is InChI=1S/C14H27N3O/c1-3-4-5-6-7-8-9-10-11-17-12-14(13(2)18)15-16-17/h12-13,18H,3-11H2,1-2H3. The Morgan fingerprint density at radius 3 is 2.28 bits per heavy atom. The van der Waals surface area contributed by atoms with Gasteiger partial charge in [-0.25, -0.2) is 0 Å². The number of hydrogen-bond acceptors (Lipinski definition) is 3. The fourth-order valence-corrected chi connectivity index (χ4v) is 2.02. The van der Waals surface area contributed by atoms with Gasteiger partial charge in [0.1, 0.15) is 5.69 Å². The molecule has 0 fully saturated rings. The van der Waals surface area contributed by atoms with E-state index >= 15 is 0 Å². The molecule has 0 radical (unpaired) electrons. The Morgan fingerprint density at radius 2 is 1.72 bits per heavy atom. The molecule has 0 aromatic carbocycles. The van der Waals surface area contributed by atoms with Crippen molar-refractivity contribution in [2.75, 3.05) is 0 Å². The second-order valence-electron chi connectivity index (χ2n) is 5.06. The summed E-state index contributed by atoms with van der Waals surface area (Å²) in [6, 6.07) is 0. The third-order valence-corrected chi connectivity index (χ3v) is 3.23. The lowest BCUT2D eigenvalue weighted by Crippen LogP contribution is -1.98. The lowest BCUT2D eigenvalue weighted by Gasteiger charge is -2.02. The van der Waals surface area contributed by atoms with Crippen LogP contribution in [0.2, 0.25) is 0 Å². The molecule has 0 aliphatic rings. The predicted molar refractivity (Wildman–Crippen MR) is 73.3 cm³/mol. The summed E-state index contributed by atoms with van der Waals surface area (Å²) in [5, 5.41) is 17.3. The van der Waals surface area contributed by atoms with Crippen LogP contribution >= 0.6 is 0 Å². The first-order valence-corrected chi connectivity index (χ1v) is 7.32. The third-order valence-electron chi connectivity index (χ3n) is 3.23. The summed E-state index contributed by atoms with van der Waals surface area (Å²) >= 11 is 0. The Kier molecular flexibility index (Phi) is 7.65. The first-order chi connectivity index (χ1) is 8.74. The van der Waals surface area contributed by atoms with Crippen LogP contribution in [0.4, 0.5) is 0 Å². The molecule has 1 atom stereocenters. The highest BCUT2D eigenvalue weighted by atomic mass is 16.3. The zero-order valence-corrected chi connectivity index (χ0v) is 11.8. The molecule has 18 heavy (non-hydrogen) atoms. The van der Waals surface area contributed by atoms with Gasteiger partial charge in [-0.2, -0.15) is 0 Å². The predicted octanol–water partition coefficient (Wildman–Crippen LogP) is 3.47. The van der Waals surface area contributed by atoms with Gasteiger partial charge in [-0.15, -0.1) is 5.10 Å². The Balaban J connectivity index is 2.00. The van der Waals surface area contributed by atoms with Crippen molar-refractivity contribution in [2.45, 2.75) is 77.9 Å². The number of aliphatic hydroxyl groups excluding tert-OH is 1. The average molecular weight is 253 g/mol.